The molecule has 0 heterocycles. The molecular formula is C26H22S2. The van der Waals surface area contributed by atoms with Crippen molar-refractivity contribution in [2.24, 2.45) is 0 Å². The Morgan fingerprint density at radius 1 is 0.357 bits per heavy atom. The second-order valence-electron chi connectivity index (χ2n) is 6.95. The standard InChI is InChI=1S/C26H22S2/c1-19-3-7-21(8-4-19)23-11-15-25(16-12-23)27-28-26-17-13-24(14-18-26)22-9-5-20(2)6-10-22/h3-18H,1-2H3. The molecule has 2 heteroatoms. The molecule has 4 rings (SSSR count). The maximum Gasteiger partial charge on any atom is 0.0186 e. The first-order valence-corrected chi connectivity index (χ1v) is 11.5. The van der Waals surface area contributed by atoms with E-state index in [0.717, 1.165) is 0 Å². The average molecular weight is 399 g/mol. The Labute approximate surface area is 175 Å². The van der Waals surface area contributed by atoms with Gasteiger partial charge >= 0.3 is 0 Å². The third kappa shape index (κ3) is 4.70. The molecule has 0 fully saturated rings. The molecule has 0 aliphatic heterocycles. The van der Waals surface area contributed by atoms with E-state index in [-0.39, 0.29) is 0 Å². The maximum absolute atomic E-state index is 2.20. The third-order valence-electron chi connectivity index (χ3n) is 4.71. The fourth-order valence-electron chi connectivity index (χ4n) is 2.99. The van der Waals surface area contributed by atoms with Crippen LogP contribution in [0, 0.1) is 13.8 Å². The minimum absolute atomic E-state index is 1.26. The normalized spacial score (nSPS) is 10.8. The number of benzene rings is 4. The molecule has 0 unspecified atom stereocenters. The van der Waals surface area contributed by atoms with Crippen LogP contribution in [0.3, 0.4) is 0 Å². The summed E-state index contributed by atoms with van der Waals surface area (Å²) >= 11 is 0. The predicted octanol–water partition coefficient (Wildman–Crippen LogP) is 8.44. The SMILES string of the molecule is Cc1ccc(-c2ccc(SSc3ccc(-c4ccc(C)cc4)cc3)cc2)cc1. The Bertz CT molecular complexity index is 941. The van der Waals surface area contributed by atoms with Gasteiger partial charge in [-0.25, -0.2) is 0 Å². The van der Waals surface area contributed by atoms with Crippen molar-refractivity contribution in [2.75, 3.05) is 0 Å². The lowest BCUT2D eigenvalue weighted by molar-refractivity contribution is 1.44. The topological polar surface area (TPSA) is 0 Å². The highest BCUT2D eigenvalue weighted by Crippen LogP contribution is 2.38. The number of hydrogen-bond donors (Lipinski definition) is 0. The van der Waals surface area contributed by atoms with E-state index in [1.54, 1.807) is 21.6 Å². The van der Waals surface area contributed by atoms with Gasteiger partial charge in [-0.05, 0) is 60.4 Å². The Hall–Kier alpha value is -2.42. The molecule has 0 N–H and O–H groups in total. The van der Waals surface area contributed by atoms with Crippen molar-refractivity contribution in [2.45, 2.75) is 23.6 Å². The van der Waals surface area contributed by atoms with Gasteiger partial charge in [0.05, 0.1) is 0 Å². The first kappa shape index (κ1) is 18.9. The Morgan fingerprint density at radius 2 is 0.607 bits per heavy atom. The van der Waals surface area contributed by atoms with Crippen LogP contribution in [0.2, 0.25) is 0 Å². The second-order valence-corrected chi connectivity index (χ2v) is 9.22. The quantitative estimate of drug-likeness (QED) is 0.309. The van der Waals surface area contributed by atoms with Crippen LogP contribution >= 0.6 is 21.6 Å². The molecule has 0 nitrogen and oxygen atoms in total. The van der Waals surface area contributed by atoms with Gasteiger partial charge in [0.1, 0.15) is 0 Å². The van der Waals surface area contributed by atoms with Gasteiger partial charge in [0.15, 0.2) is 0 Å². The molecule has 28 heavy (non-hydrogen) atoms. The fourth-order valence-corrected chi connectivity index (χ4v) is 4.92. The molecule has 0 bridgehead atoms. The van der Waals surface area contributed by atoms with E-state index in [9.17, 15) is 0 Å². The molecule has 0 amide bonds. The zero-order chi connectivity index (χ0) is 19.3. The van der Waals surface area contributed by atoms with E-state index in [0.29, 0.717) is 0 Å². The van der Waals surface area contributed by atoms with E-state index in [2.05, 4.69) is 111 Å². The highest BCUT2D eigenvalue weighted by molar-refractivity contribution is 8.76. The summed E-state index contributed by atoms with van der Waals surface area (Å²) in [5.41, 5.74) is 7.64. The fraction of sp³-hybridized carbons (Fsp3) is 0.0769. The molecule has 0 aliphatic carbocycles. The van der Waals surface area contributed by atoms with E-state index in [1.165, 1.54) is 43.2 Å². The predicted molar refractivity (Wildman–Crippen MR) is 125 cm³/mol. The van der Waals surface area contributed by atoms with Gasteiger partial charge in [0, 0.05) is 9.79 Å². The number of aryl methyl sites for hydroxylation is 2. The summed E-state index contributed by atoms with van der Waals surface area (Å²) < 4.78 is 0. The molecule has 4 aromatic rings. The summed E-state index contributed by atoms with van der Waals surface area (Å²) in [6.45, 7) is 4.24. The highest BCUT2D eigenvalue weighted by Gasteiger charge is 2.02. The maximum atomic E-state index is 2.20. The van der Waals surface area contributed by atoms with Crippen molar-refractivity contribution in [1.82, 2.24) is 0 Å². The molecule has 0 saturated carbocycles. The Balaban J connectivity index is 1.39. The smallest absolute Gasteiger partial charge is 0.0186 e. The molecule has 0 radical (unpaired) electrons. The van der Waals surface area contributed by atoms with Crippen LogP contribution in [-0.2, 0) is 0 Å². The molecule has 0 atom stereocenters. The first-order chi connectivity index (χ1) is 13.7. The number of hydrogen-bond acceptors (Lipinski definition) is 2. The minimum atomic E-state index is 1.26. The molecule has 4 aromatic carbocycles. The van der Waals surface area contributed by atoms with Crippen molar-refractivity contribution >= 4 is 21.6 Å². The Kier molecular flexibility index (Phi) is 5.90. The lowest BCUT2D eigenvalue weighted by Crippen LogP contribution is -1.79. The van der Waals surface area contributed by atoms with E-state index in [1.807, 2.05) is 0 Å². The van der Waals surface area contributed by atoms with Crippen LogP contribution < -0.4 is 0 Å². The van der Waals surface area contributed by atoms with Crippen LogP contribution in [0.25, 0.3) is 22.3 Å². The zero-order valence-electron chi connectivity index (χ0n) is 16.1. The van der Waals surface area contributed by atoms with Crippen molar-refractivity contribution in [1.29, 1.82) is 0 Å². The van der Waals surface area contributed by atoms with E-state index in [4.69, 9.17) is 0 Å². The largest absolute Gasteiger partial charge is 0.0587 e. The van der Waals surface area contributed by atoms with E-state index < -0.39 is 0 Å². The van der Waals surface area contributed by atoms with Gasteiger partial charge < -0.3 is 0 Å². The average Bonchev–Trinajstić information content (AvgIpc) is 2.74. The molecule has 138 valence electrons. The Morgan fingerprint density at radius 3 is 0.893 bits per heavy atom. The van der Waals surface area contributed by atoms with Crippen molar-refractivity contribution < 1.29 is 0 Å². The van der Waals surface area contributed by atoms with Gasteiger partial charge in [0.2, 0.25) is 0 Å². The lowest BCUT2D eigenvalue weighted by atomic mass is 10.0. The lowest BCUT2D eigenvalue weighted by Gasteiger charge is -2.06. The molecule has 0 aliphatic rings. The zero-order valence-corrected chi connectivity index (χ0v) is 17.7. The van der Waals surface area contributed by atoms with Gasteiger partial charge in [-0.2, -0.15) is 0 Å². The van der Waals surface area contributed by atoms with Crippen molar-refractivity contribution in [3.05, 3.63) is 108 Å². The van der Waals surface area contributed by atoms with Crippen LogP contribution in [0.5, 0.6) is 0 Å². The molecule has 0 spiro atoms. The van der Waals surface area contributed by atoms with E-state index >= 15 is 0 Å². The van der Waals surface area contributed by atoms with Gasteiger partial charge in [-0.15, -0.1) is 0 Å². The van der Waals surface area contributed by atoms with Crippen LogP contribution in [-0.4, -0.2) is 0 Å². The summed E-state index contributed by atoms with van der Waals surface area (Å²) in [4.78, 5) is 2.53. The third-order valence-corrected chi connectivity index (χ3v) is 7.13. The monoisotopic (exact) mass is 398 g/mol. The summed E-state index contributed by atoms with van der Waals surface area (Å²) in [5.74, 6) is 0. The van der Waals surface area contributed by atoms with Gasteiger partial charge in [-0.3, -0.25) is 0 Å². The first-order valence-electron chi connectivity index (χ1n) is 9.36. The van der Waals surface area contributed by atoms with Crippen LogP contribution in [0.15, 0.2) is 107 Å². The van der Waals surface area contributed by atoms with Crippen LogP contribution in [0.1, 0.15) is 11.1 Å². The van der Waals surface area contributed by atoms with Crippen molar-refractivity contribution in [3.8, 4) is 22.3 Å². The second kappa shape index (κ2) is 8.72. The minimum Gasteiger partial charge on any atom is -0.0587 e. The molecule has 0 saturated heterocycles. The molecule has 0 aromatic heterocycles. The molecular weight excluding hydrogens is 376 g/mol. The summed E-state index contributed by atoms with van der Waals surface area (Å²) in [6.07, 6.45) is 0. The summed E-state index contributed by atoms with van der Waals surface area (Å²) in [7, 11) is 3.60. The van der Waals surface area contributed by atoms with Gasteiger partial charge in [-0.1, -0.05) is 106 Å². The van der Waals surface area contributed by atoms with Crippen molar-refractivity contribution in [3.63, 3.8) is 0 Å². The van der Waals surface area contributed by atoms with Crippen LogP contribution in [0.4, 0.5) is 0 Å². The summed E-state index contributed by atoms with van der Waals surface area (Å²) in [5, 5.41) is 0. The van der Waals surface area contributed by atoms with Gasteiger partial charge in [0.25, 0.3) is 0 Å². The number of rotatable bonds is 5. The highest BCUT2D eigenvalue weighted by atomic mass is 33.1. The summed E-state index contributed by atoms with van der Waals surface area (Å²) in [6, 6.07) is 35.0.